The maximum atomic E-state index is 12.3. The molecule has 0 spiro atoms. The quantitative estimate of drug-likeness (QED) is 0.938. The highest BCUT2D eigenvalue weighted by Crippen LogP contribution is 2.32. The predicted octanol–water partition coefficient (Wildman–Crippen LogP) is 2.45. The van der Waals surface area contributed by atoms with Gasteiger partial charge in [0.1, 0.15) is 12.1 Å². The summed E-state index contributed by atoms with van der Waals surface area (Å²) in [5.41, 5.74) is 2.82. The van der Waals surface area contributed by atoms with Crippen LogP contribution in [0, 0.1) is 19.8 Å². The standard InChI is InChI=1S/C18H23N5O/c1-11-8-12(2)21-16-15(11)17(20-10-19-16)22-14-4-3-7-23(9-14)18(24)13-5-6-13/h8,10,13-14H,3-7,9H2,1-2H3,(H,19,20,21,22)/t14-/m0/s1. The van der Waals surface area contributed by atoms with Gasteiger partial charge in [-0.1, -0.05) is 0 Å². The number of rotatable bonds is 3. The number of aromatic nitrogens is 3. The van der Waals surface area contributed by atoms with E-state index in [1.165, 1.54) is 0 Å². The van der Waals surface area contributed by atoms with Gasteiger partial charge >= 0.3 is 0 Å². The number of nitrogens with zero attached hydrogens (tertiary/aromatic N) is 4. The first-order chi connectivity index (χ1) is 11.6. The Bertz CT molecular complexity index is 786. The van der Waals surface area contributed by atoms with Crippen molar-refractivity contribution in [2.75, 3.05) is 18.4 Å². The van der Waals surface area contributed by atoms with Gasteiger partial charge in [-0.2, -0.15) is 0 Å². The molecular weight excluding hydrogens is 302 g/mol. The Kier molecular flexibility index (Phi) is 3.82. The van der Waals surface area contributed by atoms with E-state index in [0.29, 0.717) is 5.91 Å². The summed E-state index contributed by atoms with van der Waals surface area (Å²) in [5.74, 6) is 1.45. The Balaban J connectivity index is 1.56. The topological polar surface area (TPSA) is 71.0 Å². The molecule has 1 aliphatic carbocycles. The second kappa shape index (κ2) is 6.00. The van der Waals surface area contributed by atoms with Crippen molar-refractivity contribution < 1.29 is 4.79 Å². The zero-order valence-electron chi connectivity index (χ0n) is 14.2. The normalized spacial score (nSPS) is 21.1. The lowest BCUT2D eigenvalue weighted by molar-refractivity contribution is -0.133. The second-order valence-electron chi connectivity index (χ2n) is 7.04. The van der Waals surface area contributed by atoms with Crippen LogP contribution in [0.5, 0.6) is 0 Å². The molecule has 4 rings (SSSR count). The summed E-state index contributed by atoms with van der Waals surface area (Å²) in [6.45, 7) is 5.69. The summed E-state index contributed by atoms with van der Waals surface area (Å²) in [7, 11) is 0. The molecule has 126 valence electrons. The van der Waals surface area contributed by atoms with E-state index in [-0.39, 0.29) is 12.0 Å². The van der Waals surface area contributed by atoms with Gasteiger partial charge in [-0.3, -0.25) is 4.79 Å². The van der Waals surface area contributed by atoms with Gasteiger partial charge in [0.2, 0.25) is 5.91 Å². The number of nitrogens with one attached hydrogen (secondary N) is 1. The van der Waals surface area contributed by atoms with Crippen LogP contribution in [0.4, 0.5) is 5.82 Å². The van der Waals surface area contributed by atoms with Crippen LogP contribution in [-0.4, -0.2) is 44.9 Å². The lowest BCUT2D eigenvalue weighted by atomic mass is 10.0. The Hall–Kier alpha value is -2.24. The lowest BCUT2D eigenvalue weighted by Gasteiger charge is -2.33. The molecule has 1 atom stereocenters. The van der Waals surface area contributed by atoms with Crippen LogP contribution in [0.3, 0.4) is 0 Å². The van der Waals surface area contributed by atoms with Gasteiger partial charge in [-0.25, -0.2) is 15.0 Å². The van der Waals surface area contributed by atoms with E-state index in [1.54, 1.807) is 6.33 Å². The molecule has 6 nitrogen and oxygen atoms in total. The minimum atomic E-state index is 0.236. The molecule has 2 aromatic rings. The number of hydrogen-bond acceptors (Lipinski definition) is 5. The smallest absolute Gasteiger partial charge is 0.225 e. The first kappa shape index (κ1) is 15.3. The molecule has 6 heteroatoms. The summed E-state index contributed by atoms with van der Waals surface area (Å²) in [6, 6.07) is 2.29. The number of likely N-dealkylation sites (tertiary alicyclic amines) is 1. The summed E-state index contributed by atoms with van der Waals surface area (Å²) in [4.78, 5) is 27.6. The third-order valence-corrected chi connectivity index (χ3v) is 4.93. The van der Waals surface area contributed by atoms with Crippen LogP contribution in [0.2, 0.25) is 0 Å². The van der Waals surface area contributed by atoms with Gasteiger partial charge in [0.15, 0.2) is 5.65 Å². The molecule has 3 heterocycles. The highest BCUT2D eigenvalue weighted by atomic mass is 16.2. The molecule has 1 amide bonds. The molecule has 2 aromatic heterocycles. The second-order valence-corrected chi connectivity index (χ2v) is 7.04. The van der Waals surface area contributed by atoms with E-state index in [2.05, 4.69) is 33.3 Å². The van der Waals surface area contributed by atoms with Crippen molar-refractivity contribution in [3.05, 3.63) is 23.7 Å². The zero-order chi connectivity index (χ0) is 16.7. The summed E-state index contributed by atoms with van der Waals surface area (Å²) >= 11 is 0. The fourth-order valence-electron chi connectivity index (χ4n) is 3.60. The van der Waals surface area contributed by atoms with Crippen molar-refractivity contribution in [2.45, 2.75) is 45.6 Å². The third-order valence-electron chi connectivity index (χ3n) is 4.93. The average molecular weight is 325 g/mol. The largest absolute Gasteiger partial charge is 0.365 e. The third kappa shape index (κ3) is 2.92. The van der Waals surface area contributed by atoms with Gasteiger partial charge in [-0.15, -0.1) is 0 Å². The first-order valence-corrected chi connectivity index (χ1v) is 8.76. The van der Waals surface area contributed by atoms with Crippen molar-refractivity contribution in [3.63, 3.8) is 0 Å². The summed E-state index contributed by atoms with van der Waals surface area (Å²) < 4.78 is 0. The van der Waals surface area contributed by atoms with E-state index in [1.807, 2.05) is 11.8 Å². The van der Waals surface area contributed by atoms with E-state index in [4.69, 9.17) is 0 Å². The Morgan fingerprint density at radius 1 is 1.25 bits per heavy atom. The number of aryl methyl sites for hydroxylation is 2. The van der Waals surface area contributed by atoms with Crippen molar-refractivity contribution in [3.8, 4) is 0 Å². The zero-order valence-corrected chi connectivity index (χ0v) is 14.2. The van der Waals surface area contributed by atoms with Gasteiger partial charge < -0.3 is 10.2 Å². The van der Waals surface area contributed by atoms with E-state index >= 15 is 0 Å². The number of carbonyl (C=O) groups is 1. The van der Waals surface area contributed by atoms with E-state index < -0.39 is 0 Å². The van der Waals surface area contributed by atoms with Crippen LogP contribution >= 0.6 is 0 Å². The minimum absolute atomic E-state index is 0.236. The number of carbonyl (C=O) groups excluding carboxylic acids is 1. The fourth-order valence-corrected chi connectivity index (χ4v) is 3.60. The first-order valence-electron chi connectivity index (χ1n) is 8.76. The van der Waals surface area contributed by atoms with Crippen LogP contribution in [0.1, 0.15) is 36.9 Å². The molecule has 1 saturated heterocycles. The van der Waals surface area contributed by atoms with Gasteiger partial charge in [-0.05, 0) is 51.2 Å². The molecule has 2 aliphatic rings. The molecule has 24 heavy (non-hydrogen) atoms. The Labute approximate surface area is 141 Å². The van der Waals surface area contributed by atoms with Crippen molar-refractivity contribution in [1.29, 1.82) is 0 Å². The Morgan fingerprint density at radius 2 is 2.08 bits per heavy atom. The maximum absolute atomic E-state index is 12.3. The maximum Gasteiger partial charge on any atom is 0.225 e. The van der Waals surface area contributed by atoms with E-state index in [9.17, 15) is 4.79 Å². The summed E-state index contributed by atoms with van der Waals surface area (Å²) in [5, 5.41) is 4.52. The average Bonchev–Trinajstić information content (AvgIpc) is 3.39. The van der Waals surface area contributed by atoms with Crippen LogP contribution < -0.4 is 5.32 Å². The monoisotopic (exact) mass is 325 g/mol. The number of hydrogen-bond donors (Lipinski definition) is 1. The van der Waals surface area contributed by atoms with Crippen molar-refractivity contribution in [1.82, 2.24) is 19.9 Å². The minimum Gasteiger partial charge on any atom is -0.365 e. The molecule has 0 unspecified atom stereocenters. The molecule has 2 fully saturated rings. The number of piperidine rings is 1. The predicted molar refractivity (Wildman–Crippen MR) is 92.8 cm³/mol. The van der Waals surface area contributed by atoms with E-state index in [0.717, 1.165) is 66.9 Å². The molecular formula is C18H23N5O. The lowest BCUT2D eigenvalue weighted by Crippen LogP contribution is -2.45. The van der Waals surface area contributed by atoms with Crippen molar-refractivity contribution in [2.24, 2.45) is 5.92 Å². The molecule has 1 aliphatic heterocycles. The number of anilines is 1. The Morgan fingerprint density at radius 3 is 2.88 bits per heavy atom. The highest BCUT2D eigenvalue weighted by Gasteiger charge is 2.35. The summed E-state index contributed by atoms with van der Waals surface area (Å²) in [6.07, 6.45) is 5.78. The number of pyridine rings is 1. The van der Waals surface area contributed by atoms with Gasteiger partial charge in [0.25, 0.3) is 0 Å². The SMILES string of the molecule is Cc1cc(C)c2c(N[C@H]3CCCN(C(=O)C4CC4)C3)ncnc2n1. The molecule has 0 radical (unpaired) electrons. The fraction of sp³-hybridized carbons (Fsp3) is 0.556. The van der Waals surface area contributed by atoms with Gasteiger partial charge in [0.05, 0.1) is 5.39 Å². The highest BCUT2D eigenvalue weighted by molar-refractivity contribution is 5.89. The number of fused-ring (bicyclic) bond motifs is 1. The van der Waals surface area contributed by atoms with Crippen LogP contribution in [-0.2, 0) is 4.79 Å². The number of amides is 1. The molecule has 1 saturated carbocycles. The van der Waals surface area contributed by atoms with Crippen molar-refractivity contribution >= 4 is 22.8 Å². The molecule has 0 aromatic carbocycles. The van der Waals surface area contributed by atoms with Crippen LogP contribution in [0.15, 0.2) is 12.4 Å². The molecule has 0 bridgehead atoms. The van der Waals surface area contributed by atoms with Gasteiger partial charge in [0, 0.05) is 30.7 Å². The molecule has 1 N–H and O–H groups in total. The van der Waals surface area contributed by atoms with Crippen LogP contribution in [0.25, 0.3) is 11.0 Å².